The summed E-state index contributed by atoms with van der Waals surface area (Å²) in [5.41, 5.74) is 5.15. The van der Waals surface area contributed by atoms with Gasteiger partial charge < -0.3 is 8.61 Å². The molecule has 3 heteroatoms. The molecule has 0 aromatic rings. The molecule has 0 saturated heterocycles. The molecule has 4 aliphatic carbocycles. The third kappa shape index (κ3) is 2.90. The maximum Gasteiger partial charge on any atom is 0.564 e. The Kier molecular flexibility index (Phi) is 4.21. The van der Waals surface area contributed by atoms with Crippen molar-refractivity contribution in [3.05, 3.63) is 64.1 Å². The van der Waals surface area contributed by atoms with Crippen LogP contribution in [0, 0.1) is 0 Å². The van der Waals surface area contributed by atoms with Gasteiger partial charge in [0, 0.05) is 0 Å². The van der Waals surface area contributed by atoms with Crippen LogP contribution < -0.4 is 10.4 Å². The lowest BCUT2D eigenvalue weighted by molar-refractivity contribution is -0.838. The molecule has 27 heavy (non-hydrogen) atoms. The highest BCUT2D eigenvalue weighted by Crippen LogP contribution is 2.29. The van der Waals surface area contributed by atoms with Crippen molar-refractivity contribution >= 4 is 27.1 Å². The van der Waals surface area contributed by atoms with Gasteiger partial charge in [-0.2, -0.15) is 0 Å². The molecule has 1 atom stereocenters. The van der Waals surface area contributed by atoms with Gasteiger partial charge in [0.25, 0.3) is 0 Å². The zero-order valence-electron chi connectivity index (χ0n) is 16.9. The third-order valence-electron chi connectivity index (χ3n) is 6.48. The molecule has 4 rings (SSSR count). The minimum Gasteiger partial charge on any atom is -0.328 e. The van der Waals surface area contributed by atoms with Gasteiger partial charge in [-0.15, -0.1) is 0 Å². The van der Waals surface area contributed by atoms with E-state index >= 15 is 0 Å². The molecule has 0 amide bonds. The van der Waals surface area contributed by atoms with E-state index in [1.807, 2.05) is 0 Å². The summed E-state index contributed by atoms with van der Waals surface area (Å²) < 4.78 is 14.1. The van der Waals surface area contributed by atoms with E-state index < -0.39 is 8.84 Å². The first-order valence-corrected chi connectivity index (χ1v) is 11.1. The zero-order chi connectivity index (χ0) is 19.4. The molecule has 0 saturated carbocycles. The molecule has 0 N–H and O–H groups in total. The van der Waals surface area contributed by atoms with Gasteiger partial charge >= 0.3 is 8.84 Å². The lowest BCUT2D eigenvalue weighted by Gasteiger charge is -2.41. The van der Waals surface area contributed by atoms with Gasteiger partial charge in [0.15, 0.2) is 0 Å². The Morgan fingerprint density at radius 1 is 1.15 bits per heavy atom. The molecular formula is C24H28NOSi+. The highest BCUT2D eigenvalue weighted by Gasteiger charge is 2.44. The molecule has 0 bridgehead atoms. The van der Waals surface area contributed by atoms with Gasteiger partial charge in [0.2, 0.25) is 0 Å². The van der Waals surface area contributed by atoms with Crippen LogP contribution in [0.1, 0.15) is 31.9 Å². The van der Waals surface area contributed by atoms with Crippen molar-refractivity contribution in [3.8, 4) is 11.1 Å². The number of allylic oxidation sites excluding steroid dienone is 3. The Hall–Kier alpha value is -2.10. The molecule has 4 aliphatic rings. The van der Waals surface area contributed by atoms with E-state index in [2.05, 4.69) is 95.6 Å². The first-order valence-electron chi connectivity index (χ1n) is 9.70. The van der Waals surface area contributed by atoms with Gasteiger partial charge in [-0.3, -0.25) is 0 Å². The van der Waals surface area contributed by atoms with Crippen LogP contribution >= 0.6 is 0 Å². The van der Waals surface area contributed by atoms with Gasteiger partial charge in [-0.1, -0.05) is 54.7 Å². The van der Waals surface area contributed by atoms with Crippen molar-refractivity contribution in [1.29, 1.82) is 0 Å². The van der Waals surface area contributed by atoms with E-state index in [4.69, 9.17) is 0 Å². The summed E-state index contributed by atoms with van der Waals surface area (Å²) in [5.74, 6) is 0. The highest BCUT2D eigenvalue weighted by molar-refractivity contribution is 6.40. The Morgan fingerprint density at radius 2 is 1.93 bits per heavy atom. The highest BCUT2D eigenvalue weighted by atomic mass is 28.3. The van der Waals surface area contributed by atoms with E-state index in [9.17, 15) is 4.46 Å². The number of fused-ring (bicyclic) bond motifs is 5. The number of hydrogen-bond donors (Lipinski definition) is 0. The van der Waals surface area contributed by atoms with Crippen molar-refractivity contribution in [1.82, 2.24) is 0 Å². The molecule has 138 valence electrons. The van der Waals surface area contributed by atoms with Crippen molar-refractivity contribution in [2.24, 2.45) is 0 Å². The van der Waals surface area contributed by atoms with Crippen LogP contribution in [0.4, 0.5) is 0 Å². The molecule has 0 radical (unpaired) electrons. The van der Waals surface area contributed by atoms with Crippen molar-refractivity contribution in [2.75, 3.05) is 14.1 Å². The van der Waals surface area contributed by atoms with Crippen LogP contribution in [0.2, 0.25) is 5.54 Å². The summed E-state index contributed by atoms with van der Waals surface area (Å²) in [5, 5.41) is 2.55. The standard InChI is InChI=1S/C24H28NOSi/c1-24(2,3)25(4,5)27(26)19-14-13-17-10-8-12-21-20-11-7-6-9-18(20)15-23(21)22(17)16-19/h6-10,12-16,19H,11H2,1-5H3/q+1. The molecular weight excluding hydrogens is 346 g/mol. The molecule has 0 aliphatic heterocycles. The van der Waals surface area contributed by atoms with Gasteiger partial charge in [-0.05, 0) is 65.9 Å². The first-order chi connectivity index (χ1) is 12.7. The topological polar surface area (TPSA) is 17.1 Å². The Labute approximate surface area is 163 Å². The average Bonchev–Trinajstić information content (AvgIpc) is 2.89. The fourth-order valence-corrected chi connectivity index (χ4v) is 5.89. The molecule has 0 heterocycles. The molecule has 0 fully saturated rings. The maximum atomic E-state index is 13.5. The minimum absolute atomic E-state index is 0.0173. The number of nitrogens with zero attached hydrogens (tertiary/aromatic N) is 1. The van der Waals surface area contributed by atoms with Crippen molar-refractivity contribution < 1.29 is 8.61 Å². The second kappa shape index (κ2) is 6.22. The second-order valence-electron chi connectivity index (χ2n) is 9.11. The lowest BCUT2D eigenvalue weighted by atomic mass is 10.0. The molecule has 0 spiro atoms. The summed E-state index contributed by atoms with van der Waals surface area (Å²) in [4.78, 5) is 0. The number of quaternary nitrogens is 1. The molecule has 1 unspecified atom stereocenters. The van der Waals surface area contributed by atoms with Crippen LogP contribution in [-0.4, -0.2) is 32.6 Å². The van der Waals surface area contributed by atoms with Gasteiger partial charge in [-0.25, -0.2) is 0 Å². The predicted molar refractivity (Wildman–Crippen MR) is 115 cm³/mol. The summed E-state index contributed by atoms with van der Waals surface area (Å²) in [7, 11) is 2.26. The van der Waals surface area contributed by atoms with Crippen molar-refractivity contribution in [2.45, 2.75) is 38.3 Å². The first kappa shape index (κ1) is 18.3. The Balaban J connectivity index is 1.89. The fraction of sp³-hybridized carbons (Fsp3) is 0.333. The number of hydrogen-bond acceptors (Lipinski definition) is 1. The van der Waals surface area contributed by atoms with Crippen LogP contribution in [0.5, 0.6) is 0 Å². The van der Waals surface area contributed by atoms with E-state index in [1.165, 1.54) is 32.7 Å². The largest absolute Gasteiger partial charge is 0.564 e. The smallest absolute Gasteiger partial charge is 0.328 e. The van der Waals surface area contributed by atoms with Crippen LogP contribution in [0.3, 0.4) is 0 Å². The lowest BCUT2D eigenvalue weighted by Crippen LogP contribution is -2.60. The quantitative estimate of drug-likeness (QED) is 0.733. The zero-order valence-corrected chi connectivity index (χ0v) is 17.9. The average molecular weight is 375 g/mol. The normalized spacial score (nSPS) is 18.5. The predicted octanol–water partition coefficient (Wildman–Crippen LogP) is 3.66. The third-order valence-corrected chi connectivity index (χ3v) is 9.18. The summed E-state index contributed by atoms with van der Waals surface area (Å²) in [6.07, 6.45) is 14.1. The molecule has 0 aromatic carbocycles. The van der Waals surface area contributed by atoms with Crippen LogP contribution in [-0.2, 0) is 10.9 Å². The maximum absolute atomic E-state index is 13.5. The fourth-order valence-electron chi connectivity index (χ4n) is 3.91. The monoisotopic (exact) mass is 374 g/mol. The van der Waals surface area contributed by atoms with E-state index in [-0.39, 0.29) is 11.1 Å². The Bertz CT molecular complexity index is 1080. The second-order valence-corrected chi connectivity index (χ2v) is 11.6. The minimum atomic E-state index is -1.93. The molecule has 0 aromatic heterocycles. The van der Waals surface area contributed by atoms with E-state index in [0.717, 1.165) is 6.42 Å². The summed E-state index contributed by atoms with van der Waals surface area (Å²) >= 11 is 0. The summed E-state index contributed by atoms with van der Waals surface area (Å²) in [6.45, 7) is 6.51. The SMILES string of the molecule is CC(C)(C)[N+](C)(C)[Si](=O)C1C=Cc2cccc3c4c(cc-3c2=C1)=CC=CC4. The van der Waals surface area contributed by atoms with Gasteiger partial charge in [0.05, 0.1) is 25.2 Å². The van der Waals surface area contributed by atoms with Crippen LogP contribution in [0.25, 0.3) is 29.4 Å². The number of rotatable bonds is 2. The summed E-state index contributed by atoms with van der Waals surface area (Å²) in [6, 6.07) is 8.86. The molecule has 2 nitrogen and oxygen atoms in total. The van der Waals surface area contributed by atoms with E-state index in [1.54, 1.807) is 0 Å². The Morgan fingerprint density at radius 3 is 2.67 bits per heavy atom. The van der Waals surface area contributed by atoms with Crippen molar-refractivity contribution in [3.63, 3.8) is 0 Å². The van der Waals surface area contributed by atoms with Gasteiger partial charge in [0.1, 0.15) is 0 Å². The van der Waals surface area contributed by atoms with E-state index in [0.29, 0.717) is 4.15 Å². The van der Waals surface area contributed by atoms with Crippen LogP contribution in [0.15, 0.2) is 42.5 Å².